The maximum atomic E-state index is 4.08. The van der Waals surface area contributed by atoms with E-state index < -0.39 is 0 Å². The maximum absolute atomic E-state index is 4.08. The van der Waals surface area contributed by atoms with Gasteiger partial charge in [-0.1, -0.05) is 71.1 Å². The highest BCUT2D eigenvalue weighted by Crippen LogP contribution is 2.31. The molecule has 1 nitrogen and oxygen atoms in total. The molecule has 2 aliphatic carbocycles. The van der Waals surface area contributed by atoms with Crippen LogP contribution in [0.5, 0.6) is 0 Å². The number of hydrogen-bond acceptors (Lipinski definition) is 2. The van der Waals surface area contributed by atoms with Crippen LogP contribution in [0.4, 0.5) is 0 Å². The molecule has 2 fully saturated rings. The fourth-order valence-corrected chi connectivity index (χ4v) is 5.37. The predicted octanol–water partition coefficient (Wildman–Crippen LogP) is 5.92. The minimum atomic E-state index is 0.812. The van der Waals surface area contributed by atoms with Gasteiger partial charge in [-0.2, -0.15) is 11.8 Å². The summed E-state index contributed by atoms with van der Waals surface area (Å²) in [6, 6.07) is 1.63. The summed E-state index contributed by atoms with van der Waals surface area (Å²) >= 11 is 2.20. The fourth-order valence-electron chi connectivity index (χ4n) is 4.16. The monoisotopic (exact) mass is 311 g/mol. The molecule has 21 heavy (non-hydrogen) atoms. The zero-order valence-electron chi connectivity index (χ0n) is 14.2. The predicted molar refractivity (Wildman–Crippen MR) is 97.3 cm³/mol. The third kappa shape index (κ3) is 6.95. The lowest BCUT2D eigenvalue weighted by atomic mass is 9.97. The van der Waals surface area contributed by atoms with Crippen molar-refractivity contribution in [3.8, 4) is 0 Å². The molecule has 0 aliphatic heterocycles. The Labute approximate surface area is 137 Å². The summed E-state index contributed by atoms with van der Waals surface area (Å²) in [6.07, 6.45) is 20.4. The molecule has 0 amide bonds. The second-order valence-electron chi connectivity index (χ2n) is 7.15. The Hall–Kier alpha value is 0.310. The Morgan fingerprint density at radius 1 is 0.714 bits per heavy atom. The van der Waals surface area contributed by atoms with E-state index in [0.717, 1.165) is 17.3 Å². The molecule has 124 valence electrons. The van der Waals surface area contributed by atoms with Crippen LogP contribution >= 0.6 is 11.8 Å². The van der Waals surface area contributed by atoms with Crippen LogP contribution in [0.1, 0.15) is 96.8 Å². The summed E-state index contributed by atoms with van der Waals surface area (Å²) in [5, 5.41) is 4.98. The van der Waals surface area contributed by atoms with Crippen molar-refractivity contribution < 1.29 is 0 Å². The van der Waals surface area contributed by atoms with Gasteiger partial charge in [-0.05, 0) is 31.4 Å². The summed E-state index contributed by atoms with van der Waals surface area (Å²) in [7, 11) is 0. The fraction of sp³-hybridized carbons (Fsp3) is 1.00. The van der Waals surface area contributed by atoms with Crippen molar-refractivity contribution >= 4 is 11.8 Å². The van der Waals surface area contributed by atoms with Gasteiger partial charge in [-0.15, -0.1) is 0 Å². The largest absolute Gasteiger partial charge is 0.310 e. The van der Waals surface area contributed by atoms with Gasteiger partial charge in [-0.3, -0.25) is 0 Å². The minimum Gasteiger partial charge on any atom is -0.310 e. The standard InChI is InChI=1S/C19H37NS/c1-2-21-19-16-12-15-18(19)20-17-13-10-8-6-4-3-5-7-9-11-14-17/h17-20H,2-16H2,1H3. The first kappa shape index (κ1) is 17.7. The van der Waals surface area contributed by atoms with Crippen molar-refractivity contribution in [1.29, 1.82) is 0 Å². The highest BCUT2D eigenvalue weighted by Gasteiger charge is 2.28. The number of rotatable bonds is 4. The smallest absolute Gasteiger partial charge is 0.0201 e. The molecular weight excluding hydrogens is 274 g/mol. The van der Waals surface area contributed by atoms with Crippen LogP contribution in [-0.4, -0.2) is 23.1 Å². The van der Waals surface area contributed by atoms with Crippen molar-refractivity contribution in [2.45, 2.75) is 114 Å². The number of thioether (sulfide) groups is 1. The average Bonchev–Trinajstić information content (AvgIpc) is 2.89. The van der Waals surface area contributed by atoms with Gasteiger partial charge in [0.2, 0.25) is 0 Å². The molecule has 2 heteroatoms. The van der Waals surface area contributed by atoms with Crippen molar-refractivity contribution in [2.24, 2.45) is 0 Å². The van der Waals surface area contributed by atoms with Crippen LogP contribution in [0, 0.1) is 0 Å². The van der Waals surface area contributed by atoms with Gasteiger partial charge in [0, 0.05) is 17.3 Å². The summed E-state index contributed by atoms with van der Waals surface area (Å²) in [4.78, 5) is 0. The van der Waals surface area contributed by atoms with Crippen molar-refractivity contribution in [3.05, 3.63) is 0 Å². The zero-order valence-corrected chi connectivity index (χ0v) is 15.1. The van der Waals surface area contributed by atoms with Gasteiger partial charge in [0.25, 0.3) is 0 Å². The van der Waals surface area contributed by atoms with Gasteiger partial charge in [-0.25, -0.2) is 0 Å². The molecule has 0 aromatic rings. The van der Waals surface area contributed by atoms with Gasteiger partial charge in [0.15, 0.2) is 0 Å². The topological polar surface area (TPSA) is 12.0 Å². The zero-order chi connectivity index (χ0) is 14.8. The molecule has 2 aliphatic rings. The van der Waals surface area contributed by atoms with E-state index >= 15 is 0 Å². The molecule has 2 atom stereocenters. The van der Waals surface area contributed by atoms with E-state index in [-0.39, 0.29) is 0 Å². The van der Waals surface area contributed by atoms with E-state index in [4.69, 9.17) is 0 Å². The van der Waals surface area contributed by atoms with Crippen molar-refractivity contribution in [3.63, 3.8) is 0 Å². The van der Waals surface area contributed by atoms with Crippen LogP contribution in [0.2, 0.25) is 0 Å². The van der Waals surface area contributed by atoms with E-state index in [0.29, 0.717) is 0 Å². The Kier molecular flexibility index (Phi) is 9.20. The quantitative estimate of drug-likeness (QED) is 0.691. The third-order valence-electron chi connectivity index (χ3n) is 5.39. The van der Waals surface area contributed by atoms with E-state index in [2.05, 4.69) is 24.0 Å². The second-order valence-corrected chi connectivity index (χ2v) is 8.67. The van der Waals surface area contributed by atoms with E-state index in [1.54, 1.807) is 0 Å². The van der Waals surface area contributed by atoms with E-state index in [1.807, 2.05) is 0 Å². The molecule has 0 saturated heterocycles. The Bertz CT molecular complexity index is 244. The second kappa shape index (κ2) is 10.9. The first-order chi connectivity index (χ1) is 10.4. The lowest BCUT2D eigenvalue weighted by Gasteiger charge is -2.27. The highest BCUT2D eigenvalue weighted by molar-refractivity contribution is 7.99. The Morgan fingerprint density at radius 2 is 1.29 bits per heavy atom. The van der Waals surface area contributed by atoms with Gasteiger partial charge in [0.05, 0.1) is 0 Å². The summed E-state index contributed by atoms with van der Waals surface area (Å²) in [5.74, 6) is 1.29. The van der Waals surface area contributed by atoms with Gasteiger partial charge < -0.3 is 5.32 Å². The third-order valence-corrected chi connectivity index (χ3v) is 6.71. The van der Waals surface area contributed by atoms with Crippen LogP contribution in [0.15, 0.2) is 0 Å². The van der Waals surface area contributed by atoms with E-state index in [1.165, 1.54) is 95.6 Å². The molecule has 0 aromatic heterocycles. The molecular formula is C19H37NS. The van der Waals surface area contributed by atoms with Crippen molar-refractivity contribution in [2.75, 3.05) is 5.75 Å². The molecule has 2 saturated carbocycles. The summed E-state index contributed by atoms with van der Waals surface area (Å²) in [5.41, 5.74) is 0. The molecule has 0 heterocycles. The molecule has 2 unspecified atom stereocenters. The normalized spacial score (nSPS) is 30.7. The highest BCUT2D eigenvalue weighted by atomic mass is 32.2. The average molecular weight is 312 g/mol. The Balaban J connectivity index is 1.76. The minimum absolute atomic E-state index is 0.812. The summed E-state index contributed by atoms with van der Waals surface area (Å²) < 4.78 is 0. The van der Waals surface area contributed by atoms with E-state index in [9.17, 15) is 0 Å². The molecule has 2 rings (SSSR count). The SMILES string of the molecule is CCSC1CCCC1NC1CCCCCCCCCCC1. The lowest BCUT2D eigenvalue weighted by molar-refractivity contribution is 0.366. The molecule has 0 bridgehead atoms. The molecule has 0 spiro atoms. The first-order valence-electron chi connectivity index (χ1n) is 9.78. The Morgan fingerprint density at radius 3 is 1.86 bits per heavy atom. The molecule has 1 N–H and O–H groups in total. The van der Waals surface area contributed by atoms with Crippen molar-refractivity contribution in [1.82, 2.24) is 5.32 Å². The maximum Gasteiger partial charge on any atom is 0.0201 e. The number of hydrogen-bond donors (Lipinski definition) is 1. The van der Waals surface area contributed by atoms with Crippen LogP contribution in [0.25, 0.3) is 0 Å². The van der Waals surface area contributed by atoms with Gasteiger partial charge >= 0.3 is 0 Å². The van der Waals surface area contributed by atoms with Crippen LogP contribution in [0.3, 0.4) is 0 Å². The lowest BCUT2D eigenvalue weighted by Crippen LogP contribution is -2.41. The van der Waals surface area contributed by atoms with Crippen LogP contribution in [-0.2, 0) is 0 Å². The van der Waals surface area contributed by atoms with Crippen LogP contribution < -0.4 is 5.32 Å². The van der Waals surface area contributed by atoms with Gasteiger partial charge in [0.1, 0.15) is 0 Å². The summed E-state index contributed by atoms with van der Waals surface area (Å²) in [6.45, 7) is 2.32. The number of nitrogens with one attached hydrogen (secondary N) is 1. The molecule has 0 radical (unpaired) electrons. The first-order valence-corrected chi connectivity index (χ1v) is 10.8. The molecule has 0 aromatic carbocycles.